The van der Waals surface area contributed by atoms with Crippen LogP contribution in [0.2, 0.25) is 0 Å². The standard InChI is InChI=1S/C13H16BrNO/c14-9-4-5-10-11(15)7-12(8-2-1-3-8)16-13(10)6-9/h4-6,8,11-12H,1-3,7,15H2. The number of fused-ring (bicyclic) bond motifs is 1. The highest BCUT2D eigenvalue weighted by Crippen LogP contribution is 2.41. The molecule has 1 aromatic rings. The molecule has 0 amide bonds. The molecular weight excluding hydrogens is 266 g/mol. The maximum Gasteiger partial charge on any atom is 0.125 e. The molecule has 2 unspecified atom stereocenters. The molecule has 2 nitrogen and oxygen atoms in total. The minimum atomic E-state index is 0.141. The van der Waals surface area contributed by atoms with E-state index in [1.165, 1.54) is 19.3 Å². The third kappa shape index (κ3) is 1.76. The minimum Gasteiger partial charge on any atom is -0.490 e. The molecule has 1 fully saturated rings. The quantitative estimate of drug-likeness (QED) is 0.856. The molecule has 2 atom stereocenters. The average molecular weight is 282 g/mol. The van der Waals surface area contributed by atoms with Gasteiger partial charge in [0.15, 0.2) is 0 Å². The van der Waals surface area contributed by atoms with Crippen molar-refractivity contribution in [2.75, 3.05) is 0 Å². The summed E-state index contributed by atoms with van der Waals surface area (Å²) >= 11 is 3.48. The summed E-state index contributed by atoms with van der Waals surface area (Å²) in [4.78, 5) is 0. The van der Waals surface area contributed by atoms with Gasteiger partial charge in [0, 0.05) is 22.5 Å². The predicted molar refractivity (Wildman–Crippen MR) is 67.4 cm³/mol. The summed E-state index contributed by atoms with van der Waals surface area (Å²) in [6.45, 7) is 0. The second-order valence-corrected chi connectivity index (χ2v) is 5.79. The Hall–Kier alpha value is -0.540. The van der Waals surface area contributed by atoms with Crippen LogP contribution in [0.1, 0.15) is 37.3 Å². The van der Waals surface area contributed by atoms with Crippen molar-refractivity contribution in [3.63, 3.8) is 0 Å². The highest BCUT2D eigenvalue weighted by Gasteiger charge is 2.34. The number of halogens is 1. The van der Waals surface area contributed by atoms with Crippen LogP contribution in [-0.4, -0.2) is 6.10 Å². The molecule has 1 aliphatic heterocycles. The zero-order valence-corrected chi connectivity index (χ0v) is 10.7. The summed E-state index contributed by atoms with van der Waals surface area (Å²) in [7, 11) is 0. The van der Waals surface area contributed by atoms with E-state index in [1.807, 2.05) is 12.1 Å². The Morgan fingerprint density at radius 2 is 2.12 bits per heavy atom. The average Bonchev–Trinajstić information content (AvgIpc) is 2.13. The summed E-state index contributed by atoms with van der Waals surface area (Å²) < 4.78 is 7.14. The first-order valence-electron chi connectivity index (χ1n) is 5.96. The van der Waals surface area contributed by atoms with E-state index in [0.29, 0.717) is 6.10 Å². The van der Waals surface area contributed by atoms with E-state index in [-0.39, 0.29) is 6.04 Å². The van der Waals surface area contributed by atoms with Crippen molar-refractivity contribution >= 4 is 15.9 Å². The fraction of sp³-hybridized carbons (Fsp3) is 0.538. The topological polar surface area (TPSA) is 35.2 Å². The van der Waals surface area contributed by atoms with E-state index in [4.69, 9.17) is 10.5 Å². The van der Waals surface area contributed by atoms with Crippen LogP contribution in [0.25, 0.3) is 0 Å². The lowest BCUT2D eigenvalue weighted by atomic mass is 9.77. The van der Waals surface area contributed by atoms with Crippen LogP contribution in [0.4, 0.5) is 0 Å². The summed E-state index contributed by atoms with van der Waals surface area (Å²) in [6.07, 6.45) is 5.27. The Morgan fingerprint density at radius 3 is 2.81 bits per heavy atom. The first kappa shape index (κ1) is 10.6. The van der Waals surface area contributed by atoms with E-state index >= 15 is 0 Å². The van der Waals surface area contributed by atoms with Gasteiger partial charge < -0.3 is 10.5 Å². The summed E-state index contributed by atoms with van der Waals surface area (Å²) in [5.41, 5.74) is 7.36. The molecule has 0 bridgehead atoms. The van der Waals surface area contributed by atoms with E-state index in [9.17, 15) is 0 Å². The molecule has 2 N–H and O–H groups in total. The second kappa shape index (κ2) is 4.04. The van der Waals surface area contributed by atoms with Gasteiger partial charge in [-0.15, -0.1) is 0 Å². The minimum absolute atomic E-state index is 0.141. The molecule has 1 aromatic carbocycles. The number of hydrogen-bond donors (Lipinski definition) is 1. The Labute approximate surface area is 104 Å². The number of rotatable bonds is 1. The molecule has 0 saturated heterocycles. The molecule has 1 aliphatic carbocycles. The molecule has 3 rings (SSSR count). The third-order valence-electron chi connectivity index (χ3n) is 3.82. The van der Waals surface area contributed by atoms with Gasteiger partial charge in [-0.2, -0.15) is 0 Å². The van der Waals surface area contributed by atoms with Crippen molar-refractivity contribution in [1.29, 1.82) is 0 Å². The predicted octanol–water partition coefficient (Wildman–Crippen LogP) is 3.40. The van der Waals surface area contributed by atoms with Gasteiger partial charge in [0.1, 0.15) is 11.9 Å². The Balaban J connectivity index is 1.88. The zero-order valence-electron chi connectivity index (χ0n) is 9.16. The van der Waals surface area contributed by atoms with Crippen LogP contribution in [0.3, 0.4) is 0 Å². The van der Waals surface area contributed by atoms with Crippen molar-refractivity contribution in [2.24, 2.45) is 11.7 Å². The van der Waals surface area contributed by atoms with E-state index < -0.39 is 0 Å². The van der Waals surface area contributed by atoms with Crippen molar-refractivity contribution in [1.82, 2.24) is 0 Å². The third-order valence-corrected chi connectivity index (χ3v) is 4.31. The van der Waals surface area contributed by atoms with Gasteiger partial charge in [0.05, 0.1) is 0 Å². The molecule has 86 valence electrons. The molecule has 0 spiro atoms. The Morgan fingerprint density at radius 1 is 1.31 bits per heavy atom. The lowest BCUT2D eigenvalue weighted by Gasteiger charge is -2.39. The Kier molecular flexibility index (Phi) is 2.68. The van der Waals surface area contributed by atoms with Gasteiger partial charge in [0.25, 0.3) is 0 Å². The lowest BCUT2D eigenvalue weighted by Crippen LogP contribution is -2.38. The summed E-state index contributed by atoms with van der Waals surface area (Å²) in [5, 5.41) is 0. The molecule has 1 saturated carbocycles. The summed E-state index contributed by atoms with van der Waals surface area (Å²) in [6, 6.07) is 6.29. The molecule has 3 heteroatoms. The Bertz CT molecular complexity index is 403. The van der Waals surface area contributed by atoms with Crippen molar-refractivity contribution in [3.05, 3.63) is 28.2 Å². The largest absolute Gasteiger partial charge is 0.490 e. The van der Waals surface area contributed by atoms with Crippen LogP contribution in [0.15, 0.2) is 22.7 Å². The van der Waals surface area contributed by atoms with E-state index in [2.05, 4.69) is 22.0 Å². The number of benzene rings is 1. The number of hydrogen-bond acceptors (Lipinski definition) is 2. The number of ether oxygens (including phenoxy) is 1. The second-order valence-electron chi connectivity index (χ2n) is 4.87. The van der Waals surface area contributed by atoms with Crippen LogP contribution in [-0.2, 0) is 0 Å². The molecule has 0 radical (unpaired) electrons. The monoisotopic (exact) mass is 281 g/mol. The van der Waals surface area contributed by atoms with Gasteiger partial charge >= 0.3 is 0 Å². The molecule has 16 heavy (non-hydrogen) atoms. The maximum atomic E-state index is 6.21. The van der Waals surface area contributed by atoms with E-state index in [1.54, 1.807) is 0 Å². The van der Waals surface area contributed by atoms with Gasteiger partial charge in [-0.05, 0) is 30.9 Å². The van der Waals surface area contributed by atoms with Gasteiger partial charge in [-0.1, -0.05) is 28.4 Å². The van der Waals surface area contributed by atoms with Crippen molar-refractivity contribution < 1.29 is 4.74 Å². The fourth-order valence-corrected chi connectivity index (χ4v) is 2.95. The van der Waals surface area contributed by atoms with Crippen LogP contribution < -0.4 is 10.5 Å². The van der Waals surface area contributed by atoms with Gasteiger partial charge in [-0.25, -0.2) is 0 Å². The normalized spacial score (nSPS) is 29.1. The van der Waals surface area contributed by atoms with E-state index in [0.717, 1.165) is 28.1 Å². The smallest absolute Gasteiger partial charge is 0.125 e. The molecular formula is C13H16BrNO. The summed E-state index contributed by atoms with van der Waals surface area (Å²) in [5.74, 6) is 1.71. The SMILES string of the molecule is NC1CC(C2CCC2)Oc2cc(Br)ccc21. The highest BCUT2D eigenvalue weighted by atomic mass is 79.9. The zero-order chi connectivity index (χ0) is 11.1. The van der Waals surface area contributed by atoms with Gasteiger partial charge in [0.2, 0.25) is 0 Å². The van der Waals surface area contributed by atoms with Gasteiger partial charge in [-0.3, -0.25) is 0 Å². The maximum absolute atomic E-state index is 6.21. The molecule has 0 aromatic heterocycles. The van der Waals surface area contributed by atoms with Crippen molar-refractivity contribution in [2.45, 2.75) is 37.8 Å². The lowest BCUT2D eigenvalue weighted by molar-refractivity contribution is 0.0579. The van der Waals surface area contributed by atoms with Crippen LogP contribution in [0.5, 0.6) is 5.75 Å². The molecule has 2 aliphatic rings. The number of nitrogens with two attached hydrogens (primary N) is 1. The van der Waals surface area contributed by atoms with Crippen molar-refractivity contribution in [3.8, 4) is 5.75 Å². The molecule has 1 heterocycles. The highest BCUT2D eigenvalue weighted by molar-refractivity contribution is 9.10. The van der Waals surface area contributed by atoms with Crippen LogP contribution >= 0.6 is 15.9 Å². The first-order chi connectivity index (χ1) is 7.74. The first-order valence-corrected chi connectivity index (χ1v) is 6.75. The fourth-order valence-electron chi connectivity index (χ4n) is 2.61. The van der Waals surface area contributed by atoms with Crippen LogP contribution in [0, 0.1) is 5.92 Å².